The van der Waals surface area contributed by atoms with E-state index in [0.717, 1.165) is 5.56 Å². The van der Waals surface area contributed by atoms with Gasteiger partial charge in [0.1, 0.15) is 5.00 Å². The molecule has 2 N–H and O–H groups in total. The lowest BCUT2D eigenvalue weighted by Crippen LogP contribution is -2.01. The molecule has 0 bridgehead atoms. The van der Waals surface area contributed by atoms with Crippen LogP contribution in [0.4, 0.5) is 10.7 Å². The van der Waals surface area contributed by atoms with E-state index in [9.17, 15) is 4.79 Å². The molecule has 2 aromatic rings. The highest BCUT2D eigenvalue weighted by Crippen LogP contribution is 2.33. The van der Waals surface area contributed by atoms with Crippen LogP contribution in [0, 0.1) is 6.92 Å². The molecule has 1 aromatic carbocycles. The third-order valence-electron chi connectivity index (χ3n) is 2.27. The summed E-state index contributed by atoms with van der Waals surface area (Å²) in [5.41, 5.74) is 2.83. The minimum Gasteiger partial charge on any atom is -0.476 e. The topological polar surface area (TPSA) is 62.2 Å². The zero-order chi connectivity index (χ0) is 13.3. The summed E-state index contributed by atoms with van der Waals surface area (Å²) in [6.07, 6.45) is 0. The number of anilines is 2. The number of carboxylic acid groups (broad SMARTS) is 1. The van der Waals surface area contributed by atoms with E-state index in [2.05, 4.69) is 10.3 Å². The molecule has 0 radical (unpaired) electrons. The lowest BCUT2D eigenvalue weighted by Gasteiger charge is -2.09. The fourth-order valence-electron chi connectivity index (χ4n) is 1.35. The van der Waals surface area contributed by atoms with Gasteiger partial charge < -0.3 is 10.4 Å². The molecule has 7 heteroatoms. The third kappa shape index (κ3) is 2.58. The van der Waals surface area contributed by atoms with Gasteiger partial charge in [0.2, 0.25) is 0 Å². The number of rotatable bonds is 3. The molecule has 0 saturated carbocycles. The zero-order valence-corrected chi connectivity index (χ0v) is 11.5. The van der Waals surface area contributed by atoms with Crippen molar-refractivity contribution < 1.29 is 9.90 Å². The Morgan fingerprint density at radius 3 is 2.78 bits per heavy atom. The summed E-state index contributed by atoms with van der Waals surface area (Å²) in [5, 5.41) is 13.3. The van der Waals surface area contributed by atoms with Gasteiger partial charge in [0.15, 0.2) is 5.69 Å². The maximum absolute atomic E-state index is 10.9. The second kappa shape index (κ2) is 5.14. The fraction of sp³-hybridized carbons (Fsp3) is 0.0909. The quantitative estimate of drug-likeness (QED) is 0.892. The maximum Gasteiger partial charge on any atom is 0.357 e. The predicted molar refractivity (Wildman–Crippen MR) is 73.6 cm³/mol. The Morgan fingerprint density at radius 2 is 2.11 bits per heavy atom. The van der Waals surface area contributed by atoms with Crippen LogP contribution < -0.4 is 5.32 Å². The van der Waals surface area contributed by atoms with Crippen LogP contribution in [0.25, 0.3) is 0 Å². The molecule has 0 atom stereocenters. The van der Waals surface area contributed by atoms with Crippen LogP contribution in [-0.4, -0.2) is 16.1 Å². The van der Waals surface area contributed by atoms with Gasteiger partial charge in [-0.3, -0.25) is 0 Å². The number of aryl methyl sites for hydroxylation is 1. The summed E-state index contributed by atoms with van der Waals surface area (Å²) in [5.74, 6) is -1.09. The summed E-state index contributed by atoms with van der Waals surface area (Å²) < 4.78 is 0. The first-order valence-electron chi connectivity index (χ1n) is 4.88. The van der Waals surface area contributed by atoms with Crippen LogP contribution in [0.5, 0.6) is 0 Å². The molecule has 1 aromatic heterocycles. The molecule has 0 spiro atoms. The van der Waals surface area contributed by atoms with E-state index >= 15 is 0 Å². The Labute approximate surface area is 117 Å². The smallest absolute Gasteiger partial charge is 0.357 e. The van der Waals surface area contributed by atoms with Gasteiger partial charge in [0.05, 0.1) is 16.2 Å². The molecular weight excluding hydrogens is 295 g/mol. The SMILES string of the molecule is Cc1cc(Cl)c(Nc2scnc2C(=O)O)cc1Cl. The number of halogens is 2. The first-order valence-corrected chi connectivity index (χ1v) is 6.52. The van der Waals surface area contributed by atoms with Crippen molar-refractivity contribution >= 4 is 51.2 Å². The average molecular weight is 303 g/mol. The largest absolute Gasteiger partial charge is 0.476 e. The van der Waals surface area contributed by atoms with Crippen LogP contribution in [0.1, 0.15) is 16.1 Å². The normalized spacial score (nSPS) is 10.4. The molecule has 0 fully saturated rings. The number of aromatic carboxylic acids is 1. The number of nitrogens with one attached hydrogen (secondary N) is 1. The Morgan fingerprint density at radius 1 is 1.39 bits per heavy atom. The van der Waals surface area contributed by atoms with Gasteiger partial charge in [-0.15, -0.1) is 11.3 Å². The molecule has 0 aliphatic heterocycles. The van der Waals surface area contributed by atoms with E-state index in [-0.39, 0.29) is 5.69 Å². The summed E-state index contributed by atoms with van der Waals surface area (Å²) in [6, 6.07) is 3.37. The van der Waals surface area contributed by atoms with Gasteiger partial charge in [-0.1, -0.05) is 23.2 Å². The van der Waals surface area contributed by atoms with Crippen molar-refractivity contribution in [2.75, 3.05) is 5.32 Å². The minimum absolute atomic E-state index is 0.0345. The van der Waals surface area contributed by atoms with Crippen molar-refractivity contribution in [2.45, 2.75) is 6.92 Å². The molecule has 0 amide bonds. The predicted octanol–water partition coefficient (Wildman–Crippen LogP) is 4.20. The van der Waals surface area contributed by atoms with Crippen LogP contribution in [0.15, 0.2) is 17.6 Å². The highest BCUT2D eigenvalue weighted by atomic mass is 35.5. The van der Waals surface area contributed by atoms with Gasteiger partial charge in [0.25, 0.3) is 0 Å². The molecule has 18 heavy (non-hydrogen) atoms. The lowest BCUT2D eigenvalue weighted by molar-refractivity contribution is 0.0692. The maximum atomic E-state index is 10.9. The number of carboxylic acids is 1. The molecule has 0 aliphatic rings. The number of hydrogen-bond donors (Lipinski definition) is 2. The first kappa shape index (κ1) is 13.1. The molecule has 0 saturated heterocycles. The van der Waals surface area contributed by atoms with E-state index in [1.165, 1.54) is 16.8 Å². The second-order valence-electron chi connectivity index (χ2n) is 3.54. The summed E-state index contributed by atoms with van der Waals surface area (Å²) in [4.78, 5) is 14.7. The molecule has 1 heterocycles. The number of carbonyl (C=O) groups is 1. The van der Waals surface area contributed by atoms with Crippen molar-refractivity contribution in [3.8, 4) is 0 Å². The van der Waals surface area contributed by atoms with Gasteiger partial charge >= 0.3 is 5.97 Å². The second-order valence-corrected chi connectivity index (χ2v) is 5.21. The summed E-state index contributed by atoms with van der Waals surface area (Å²) >= 11 is 13.3. The first-order chi connectivity index (χ1) is 8.49. The summed E-state index contributed by atoms with van der Waals surface area (Å²) in [7, 11) is 0. The van der Waals surface area contributed by atoms with Gasteiger partial charge in [-0.05, 0) is 24.6 Å². The Bertz CT molecular complexity index is 613. The van der Waals surface area contributed by atoms with Crippen LogP contribution in [0.2, 0.25) is 10.0 Å². The fourth-order valence-corrected chi connectivity index (χ4v) is 2.46. The minimum atomic E-state index is -1.09. The monoisotopic (exact) mass is 302 g/mol. The number of benzene rings is 1. The standard InChI is InChI=1S/C11H8Cl2N2O2S/c1-5-2-7(13)8(3-6(5)12)15-10-9(11(16)17)14-4-18-10/h2-4,15H,1H3,(H,16,17). The zero-order valence-electron chi connectivity index (χ0n) is 9.20. The Kier molecular flexibility index (Phi) is 3.75. The van der Waals surface area contributed by atoms with Crippen molar-refractivity contribution in [1.82, 2.24) is 4.98 Å². The van der Waals surface area contributed by atoms with Crippen molar-refractivity contribution in [3.05, 3.63) is 38.9 Å². The van der Waals surface area contributed by atoms with Gasteiger partial charge in [-0.25, -0.2) is 9.78 Å². The van der Waals surface area contributed by atoms with Gasteiger partial charge in [0, 0.05) is 5.02 Å². The summed E-state index contributed by atoms with van der Waals surface area (Å²) in [6.45, 7) is 1.84. The van der Waals surface area contributed by atoms with Gasteiger partial charge in [-0.2, -0.15) is 0 Å². The molecule has 0 unspecified atom stereocenters. The number of thiazole rings is 1. The number of nitrogens with zero attached hydrogens (tertiary/aromatic N) is 1. The van der Waals surface area contributed by atoms with Crippen LogP contribution in [0.3, 0.4) is 0 Å². The molecular formula is C11H8Cl2N2O2S. The van der Waals surface area contributed by atoms with Crippen LogP contribution in [-0.2, 0) is 0 Å². The van der Waals surface area contributed by atoms with Crippen molar-refractivity contribution in [2.24, 2.45) is 0 Å². The van der Waals surface area contributed by atoms with Crippen molar-refractivity contribution in [3.63, 3.8) is 0 Å². The lowest BCUT2D eigenvalue weighted by atomic mass is 10.2. The van der Waals surface area contributed by atoms with E-state index in [4.69, 9.17) is 28.3 Å². The Balaban J connectivity index is 2.37. The van der Waals surface area contributed by atoms with E-state index in [1.54, 1.807) is 12.1 Å². The highest BCUT2D eigenvalue weighted by Gasteiger charge is 2.15. The van der Waals surface area contributed by atoms with E-state index in [0.29, 0.717) is 20.7 Å². The molecule has 0 aliphatic carbocycles. The van der Waals surface area contributed by atoms with E-state index in [1.807, 2.05) is 6.92 Å². The van der Waals surface area contributed by atoms with Crippen molar-refractivity contribution in [1.29, 1.82) is 0 Å². The molecule has 2 rings (SSSR count). The third-order valence-corrected chi connectivity index (χ3v) is 3.73. The average Bonchev–Trinajstić information content (AvgIpc) is 2.74. The Hall–Kier alpha value is -1.30. The highest BCUT2D eigenvalue weighted by molar-refractivity contribution is 7.14. The van der Waals surface area contributed by atoms with Crippen LogP contribution >= 0.6 is 34.5 Å². The number of hydrogen-bond acceptors (Lipinski definition) is 4. The molecule has 4 nitrogen and oxygen atoms in total. The van der Waals surface area contributed by atoms with E-state index < -0.39 is 5.97 Å². The molecule has 94 valence electrons. The number of aromatic nitrogens is 1.